The van der Waals surface area contributed by atoms with Crippen molar-refractivity contribution in [1.82, 2.24) is 0 Å². The smallest absolute Gasteiger partial charge is 0.270 e. The van der Waals surface area contributed by atoms with E-state index < -0.39 is 0 Å². The highest BCUT2D eigenvalue weighted by Crippen LogP contribution is 2.36. The van der Waals surface area contributed by atoms with Gasteiger partial charge in [0.05, 0.1) is 27.9 Å². The Morgan fingerprint density at radius 3 is 2.57 bits per heavy atom. The Morgan fingerprint density at radius 2 is 1.83 bits per heavy atom. The van der Waals surface area contributed by atoms with E-state index in [0.29, 0.717) is 38.0 Å². The second-order valence-corrected chi connectivity index (χ2v) is 9.42. The monoisotopic (exact) mass is 524 g/mol. The highest BCUT2D eigenvalue weighted by Gasteiger charge is 2.33. The summed E-state index contributed by atoms with van der Waals surface area (Å²) >= 11 is 12.8. The maximum Gasteiger partial charge on any atom is 0.270 e. The molecule has 3 aromatic rings. The molecule has 2 amide bonds. The topological polar surface area (TPSA) is 67.9 Å². The van der Waals surface area contributed by atoms with E-state index in [1.54, 1.807) is 60.7 Å². The van der Waals surface area contributed by atoms with Crippen molar-refractivity contribution >= 4 is 69.2 Å². The number of halogens is 1. The predicted molar refractivity (Wildman–Crippen MR) is 145 cm³/mol. The molecule has 1 N–H and O–H groups in total. The first-order valence-electron chi connectivity index (χ1n) is 10.7. The van der Waals surface area contributed by atoms with E-state index in [2.05, 4.69) is 5.32 Å². The molecule has 0 atom stereocenters. The third-order valence-electron chi connectivity index (χ3n) is 4.87. The van der Waals surface area contributed by atoms with Gasteiger partial charge in [-0.3, -0.25) is 14.5 Å². The maximum absolute atomic E-state index is 13.1. The first kappa shape index (κ1) is 24.8. The maximum atomic E-state index is 13.1. The Morgan fingerprint density at radius 1 is 1.06 bits per heavy atom. The molecule has 4 rings (SSSR count). The lowest BCUT2D eigenvalue weighted by atomic mass is 10.2. The molecule has 0 saturated carbocycles. The highest BCUT2D eigenvalue weighted by atomic mass is 35.5. The van der Waals surface area contributed by atoms with Gasteiger partial charge in [0, 0.05) is 0 Å². The molecule has 9 heteroatoms. The Kier molecular flexibility index (Phi) is 8.07. The molecule has 0 radical (unpaired) electrons. The fourth-order valence-corrected chi connectivity index (χ4v) is 4.77. The third kappa shape index (κ3) is 6.22. The zero-order valence-corrected chi connectivity index (χ0v) is 21.1. The second-order valence-electron chi connectivity index (χ2n) is 7.33. The standard InChI is InChI=1S/C26H21ClN2O4S2/c1-2-32-19-12-10-18(11-13-19)29-25(31)23(35-26(29)34)15-17-6-5-7-20(14-17)33-16-24(30)28-22-9-4-3-8-21(22)27/h3-15H,2,16H2,1H3,(H,28,30)/b23-15-. The Hall–Kier alpha value is -3.33. The van der Waals surface area contributed by atoms with Gasteiger partial charge in [-0.1, -0.05) is 59.8 Å². The van der Waals surface area contributed by atoms with Crippen LogP contribution in [-0.2, 0) is 9.59 Å². The number of rotatable bonds is 8. The van der Waals surface area contributed by atoms with Gasteiger partial charge in [-0.15, -0.1) is 0 Å². The summed E-state index contributed by atoms with van der Waals surface area (Å²) in [4.78, 5) is 27.3. The number of amides is 2. The zero-order chi connectivity index (χ0) is 24.8. The fourth-order valence-electron chi connectivity index (χ4n) is 3.29. The van der Waals surface area contributed by atoms with E-state index in [4.69, 9.17) is 33.3 Å². The Bertz CT molecular complexity index is 1290. The van der Waals surface area contributed by atoms with Gasteiger partial charge in [-0.05, 0) is 67.1 Å². The summed E-state index contributed by atoms with van der Waals surface area (Å²) in [6.07, 6.45) is 1.75. The average Bonchev–Trinajstić information content (AvgIpc) is 3.13. The molecule has 1 saturated heterocycles. The lowest BCUT2D eigenvalue weighted by Gasteiger charge is -2.15. The van der Waals surface area contributed by atoms with Gasteiger partial charge in [0.15, 0.2) is 10.9 Å². The van der Waals surface area contributed by atoms with Gasteiger partial charge >= 0.3 is 0 Å². The van der Waals surface area contributed by atoms with Gasteiger partial charge in [-0.25, -0.2) is 0 Å². The van der Waals surface area contributed by atoms with Crippen molar-refractivity contribution in [2.24, 2.45) is 0 Å². The summed E-state index contributed by atoms with van der Waals surface area (Å²) in [6, 6.07) is 21.3. The number of benzene rings is 3. The first-order valence-corrected chi connectivity index (χ1v) is 12.3. The van der Waals surface area contributed by atoms with Crippen LogP contribution in [0.5, 0.6) is 11.5 Å². The summed E-state index contributed by atoms with van der Waals surface area (Å²) < 4.78 is 11.5. The van der Waals surface area contributed by atoms with E-state index in [1.807, 2.05) is 25.1 Å². The van der Waals surface area contributed by atoms with Gasteiger partial charge in [0.2, 0.25) is 0 Å². The van der Waals surface area contributed by atoms with Crippen molar-refractivity contribution in [3.05, 3.63) is 88.3 Å². The fraction of sp³-hybridized carbons (Fsp3) is 0.115. The van der Waals surface area contributed by atoms with Crippen LogP contribution in [0.4, 0.5) is 11.4 Å². The number of carbonyl (C=O) groups is 2. The van der Waals surface area contributed by atoms with E-state index in [-0.39, 0.29) is 18.4 Å². The number of ether oxygens (including phenoxy) is 2. The van der Waals surface area contributed by atoms with E-state index in [9.17, 15) is 9.59 Å². The minimum Gasteiger partial charge on any atom is -0.494 e. The molecule has 0 spiro atoms. The number of carbonyl (C=O) groups excluding carboxylic acids is 2. The van der Waals surface area contributed by atoms with Crippen molar-refractivity contribution in [1.29, 1.82) is 0 Å². The van der Waals surface area contributed by atoms with Gasteiger partial charge in [0.1, 0.15) is 11.5 Å². The molecule has 6 nitrogen and oxygen atoms in total. The Balaban J connectivity index is 1.41. The lowest BCUT2D eigenvalue weighted by molar-refractivity contribution is -0.118. The molecule has 1 heterocycles. The van der Waals surface area contributed by atoms with Crippen LogP contribution in [0.3, 0.4) is 0 Å². The second kappa shape index (κ2) is 11.4. The van der Waals surface area contributed by atoms with Crippen LogP contribution in [0.1, 0.15) is 12.5 Å². The minimum atomic E-state index is -0.334. The molecule has 178 valence electrons. The number of nitrogens with one attached hydrogen (secondary N) is 1. The number of nitrogens with zero attached hydrogens (tertiary/aromatic N) is 1. The van der Waals surface area contributed by atoms with Gasteiger partial charge in [-0.2, -0.15) is 0 Å². The summed E-state index contributed by atoms with van der Waals surface area (Å²) in [6.45, 7) is 2.29. The van der Waals surface area contributed by atoms with Crippen molar-refractivity contribution in [2.45, 2.75) is 6.92 Å². The molecule has 1 aliphatic heterocycles. The van der Waals surface area contributed by atoms with Gasteiger partial charge < -0.3 is 14.8 Å². The highest BCUT2D eigenvalue weighted by molar-refractivity contribution is 8.27. The SMILES string of the molecule is CCOc1ccc(N2C(=O)/C(=C/c3cccc(OCC(=O)Nc4ccccc4Cl)c3)SC2=S)cc1. The molecule has 3 aromatic carbocycles. The van der Waals surface area contributed by atoms with E-state index in [0.717, 1.165) is 11.3 Å². The molecule has 0 aromatic heterocycles. The van der Waals surface area contributed by atoms with Gasteiger partial charge in [0.25, 0.3) is 11.8 Å². The first-order chi connectivity index (χ1) is 16.9. The Labute approximate surface area is 217 Å². The number of anilines is 2. The van der Waals surface area contributed by atoms with Crippen LogP contribution in [0.15, 0.2) is 77.7 Å². The summed E-state index contributed by atoms with van der Waals surface area (Å²) in [5.41, 5.74) is 1.95. The quantitative estimate of drug-likeness (QED) is 0.281. The van der Waals surface area contributed by atoms with Crippen molar-refractivity contribution in [3.8, 4) is 11.5 Å². The summed E-state index contributed by atoms with van der Waals surface area (Å²) in [5.74, 6) is 0.693. The number of para-hydroxylation sites is 1. The molecule has 1 fully saturated rings. The van der Waals surface area contributed by atoms with E-state index in [1.165, 1.54) is 16.7 Å². The van der Waals surface area contributed by atoms with Crippen molar-refractivity contribution in [3.63, 3.8) is 0 Å². The molecular formula is C26H21ClN2O4S2. The third-order valence-corrected chi connectivity index (χ3v) is 6.51. The van der Waals surface area contributed by atoms with Crippen molar-refractivity contribution in [2.75, 3.05) is 23.4 Å². The molecular weight excluding hydrogens is 504 g/mol. The van der Waals surface area contributed by atoms with E-state index >= 15 is 0 Å². The predicted octanol–water partition coefficient (Wildman–Crippen LogP) is 6.16. The molecule has 35 heavy (non-hydrogen) atoms. The molecule has 0 bridgehead atoms. The zero-order valence-electron chi connectivity index (χ0n) is 18.7. The summed E-state index contributed by atoms with van der Waals surface area (Å²) in [5, 5.41) is 3.16. The molecule has 0 aliphatic carbocycles. The average molecular weight is 525 g/mol. The van der Waals surface area contributed by atoms with Crippen LogP contribution in [-0.4, -0.2) is 29.3 Å². The number of hydrogen-bond acceptors (Lipinski definition) is 6. The number of thioether (sulfide) groups is 1. The largest absolute Gasteiger partial charge is 0.494 e. The minimum absolute atomic E-state index is 0.186. The van der Waals surface area contributed by atoms with Crippen LogP contribution in [0.25, 0.3) is 6.08 Å². The van der Waals surface area contributed by atoms with Crippen LogP contribution >= 0.6 is 35.6 Å². The normalized spacial score (nSPS) is 14.3. The van der Waals surface area contributed by atoms with Crippen molar-refractivity contribution < 1.29 is 19.1 Å². The molecule has 0 unspecified atom stereocenters. The van der Waals surface area contributed by atoms with Crippen LogP contribution < -0.4 is 19.7 Å². The number of thiocarbonyl (C=S) groups is 1. The summed E-state index contributed by atoms with van der Waals surface area (Å²) in [7, 11) is 0. The number of hydrogen-bond donors (Lipinski definition) is 1. The lowest BCUT2D eigenvalue weighted by Crippen LogP contribution is -2.27. The van der Waals surface area contributed by atoms with Crippen LogP contribution in [0, 0.1) is 0 Å². The van der Waals surface area contributed by atoms with Crippen LogP contribution in [0.2, 0.25) is 5.02 Å². The molecule has 1 aliphatic rings.